The van der Waals surface area contributed by atoms with E-state index in [0.717, 1.165) is 77.0 Å². The summed E-state index contributed by atoms with van der Waals surface area (Å²) in [5, 5.41) is 23.1. The predicted octanol–water partition coefficient (Wildman–Crippen LogP) is 17.2. The number of carbonyl (C=O) groups excluding carboxylic acids is 2. The number of unbranched alkanes of at least 4 members (excludes halogenated alkanes) is 37. The highest BCUT2D eigenvalue weighted by Gasteiger charge is 2.18. The molecule has 0 heterocycles. The quantitative estimate of drug-likeness (QED) is 0.0321. The number of hydrogen-bond acceptors (Lipinski definition) is 5. The Balaban J connectivity index is 3.55. The fourth-order valence-corrected chi connectivity index (χ4v) is 8.50. The average molecular weight is 901 g/mol. The van der Waals surface area contributed by atoms with Gasteiger partial charge in [-0.15, -0.1) is 0 Å². The van der Waals surface area contributed by atoms with Crippen molar-refractivity contribution in [1.29, 1.82) is 0 Å². The van der Waals surface area contributed by atoms with Crippen LogP contribution in [0.15, 0.2) is 36.5 Å². The van der Waals surface area contributed by atoms with E-state index in [4.69, 9.17) is 4.74 Å². The minimum absolute atomic E-state index is 0.0474. The number of nitrogens with one attached hydrogen (secondary N) is 1. The molecule has 0 bridgehead atoms. The summed E-state index contributed by atoms with van der Waals surface area (Å²) in [6.45, 7) is 4.80. The highest BCUT2D eigenvalue weighted by Crippen LogP contribution is 2.16. The number of allylic oxidation sites excluding steroid dienone is 5. The first-order valence-corrected chi connectivity index (χ1v) is 28.3. The van der Waals surface area contributed by atoms with Gasteiger partial charge in [0.1, 0.15) is 0 Å². The van der Waals surface area contributed by atoms with Gasteiger partial charge in [-0.1, -0.05) is 237 Å². The van der Waals surface area contributed by atoms with E-state index < -0.39 is 12.1 Å². The SMILES string of the molecule is CCCCCC/C=C\CCCCCCCC(=O)OCCCC/C=C\CCCCCCC(=O)NC(CO)C(O)/C=C/CCCCCCCCCCCCCCCCCCCCCCCC. The Morgan fingerprint density at radius 1 is 0.422 bits per heavy atom. The minimum Gasteiger partial charge on any atom is -0.466 e. The molecule has 0 aliphatic carbocycles. The number of amides is 1. The van der Waals surface area contributed by atoms with Crippen molar-refractivity contribution in [2.45, 2.75) is 309 Å². The van der Waals surface area contributed by atoms with Gasteiger partial charge in [-0.3, -0.25) is 9.59 Å². The molecule has 6 heteroatoms. The molecule has 0 fully saturated rings. The third-order valence-corrected chi connectivity index (χ3v) is 12.9. The molecule has 0 rings (SSSR count). The van der Waals surface area contributed by atoms with Gasteiger partial charge in [0.25, 0.3) is 0 Å². The second-order valence-electron chi connectivity index (χ2n) is 19.3. The Kier molecular flexibility index (Phi) is 52.1. The van der Waals surface area contributed by atoms with Crippen molar-refractivity contribution < 1.29 is 24.5 Å². The van der Waals surface area contributed by atoms with Crippen LogP contribution in [0, 0.1) is 0 Å². The van der Waals surface area contributed by atoms with Crippen LogP contribution < -0.4 is 5.32 Å². The molecule has 2 unspecified atom stereocenters. The summed E-state index contributed by atoms with van der Waals surface area (Å²) >= 11 is 0. The van der Waals surface area contributed by atoms with Gasteiger partial charge in [-0.05, 0) is 83.5 Å². The van der Waals surface area contributed by atoms with Gasteiger partial charge in [0, 0.05) is 12.8 Å². The topological polar surface area (TPSA) is 95.9 Å². The molecule has 6 nitrogen and oxygen atoms in total. The maximum Gasteiger partial charge on any atom is 0.305 e. The Morgan fingerprint density at radius 2 is 0.734 bits per heavy atom. The second-order valence-corrected chi connectivity index (χ2v) is 19.3. The molecule has 0 saturated heterocycles. The van der Waals surface area contributed by atoms with Crippen LogP contribution in [0.5, 0.6) is 0 Å². The first-order valence-electron chi connectivity index (χ1n) is 28.3. The Morgan fingerprint density at radius 3 is 1.12 bits per heavy atom. The average Bonchev–Trinajstić information content (AvgIpc) is 3.29. The van der Waals surface area contributed by atoms with Crippen LogP contribution in [0.25, 0.3) is 0 Å². The Bertz CT molecular complexity index is 1040. The van der Waals surface area contributed by atoms with Crippen molar-refractivity contribution in [3.8, 4) is 0 Å². The monoisotopic (exact) mass is 900 g/mol. The number of aliphatic hydroxyl groups excluding tert-OH is 2. The lowest BCUT2D eigenvalue weighted by atomic mass is 10.0. The summed E-state index contributed by atoms with van der Waals surface area (Å²) < 4.78 is 5.42. The van der Waals surface area contributed by atoms with Gasteiger partial charge in [0.05, 0.1) is 25.4 Å². The molecule has 376 valence electrons. The van der Waals surface area contributed by atoms with E-state index in [1.54, 1.807) is 6.08 Å². The number of ether oxygens (including phenoxy) is 1. The van der Waals surface area contributed by atoms with Crippen LogP contribution in [-0.4, -0.2) is 47.4 Å². The summed E-state index contributed by atoms with van der Waals surface area (Å²) in [4.78, 5) is 24.5. The van der Waals surface area contributed by atoms with Crippen molar-refractivity contribution in [2.75, 3.05) is 13.2 Å². The maximum absolute atomic E-state index is 12.5. The molecular formula is C58H109NO5. The standard InChI is InChI=1S/C58H109NO5/c1-3-5-7-9-11-13-15-17-18-19-20-21-22-23-24-25-26-27-29-30-34-38-42-46-50-56(61)55(54-60)59-57(62)51-47-43-39-35-32-33-37-41-45-49-53-64-58(63)52-48-44-40-36-31-28-16-14-12-10-8-6-4-2/h14,16,33,37,46,50,55-56,60-61H,3-13,15,17-32,34-36,38-45,47-49,51-54H2,1-2H3,(H,59,62)/b16-14-,37-33-,50-46+. The van der Waals surface area contributed by atoms with Crippen LogP contribution in [0.2, 0.25) is 0 Å². The van der Waals surface area contributed by atoms with Crippen molar-refractivity contribution in [1.82, 2.24) is 5.32 Å². The molecule has 2 atom stereocenters. The molecule has 0 aromatic heterocycles. The van der Waals surface area contributed by atoms with Gasteiger partial charge in [-0.2, -0.15) is 0 Å². The van der Waals surface area contributed by atoms with Gasteiger partial charge in [-0.25, -0.2) is 0 Å². The van der Waals surface area contributed by atoms with E-state index in [9.17, 15) is 19.8 Å². The smallest absolute Gasteiger partial charge is 0.305 e. The van der Waals surface area contributed by atoms with Crippen molar-refractivity contribution in [3.63, 3.8) is 0 Å². The van der Waals surface area contributed by atoms with Gasteiger partial charge in [0.15, 0.2) is 0 Å². The summed E-state index contributed by atoms with van der Waals surface area (Å²) in [5.41, 5.74) is 0. The van der Waals surface area contributed by atoms with E-state index in [-0.39, 0.29) is 18.5 Å². The minimum atomic E-state index is -0.868. The molecule has 0 radical (unpaired) electrons. The Labute approximate surface area is 398 Å². The third-order valence-electron chi connectivity index (χ3n) is 12.9. The first-order chi connectivity index (χ1) is 31.5. The van der Waals surface area contributed by atoms with Crippen LogP contribution >= 0.6 is 0 Å². The molecular weight excluding hydrogens is 791 g/mol. The molecule has 64 heavy (non-hydrogen) atoms. The fourth-order valence-electron chi connectivity index (χ4n) is 8.50. The largest absolute Gasteiger partial charge is 0.466 e. The number of esters is 1. The zero-order valence-corrected chi connectivity index (χ0v) is 42.8. The van der Waals surface area contributed by atoms with Gasteiger partial charge >= 0.3 is 5.97 Å². The highest BCUT2D eigenvalue weighted by atomic mass is 16.5. The number of aliphatic hydroxyl groups is 2. The van der Waals surface area contributed by atoms with Crippen LogP contribution in [0.1, 0.15) is 296 Å². The van der Waals surface area contributed by atoms with Crippen molar-refractivity contribution in [3.05, 3.63) is 36.5 Å². The van der Waals surface area contributed by atoms with E-state index in [2.05, 4.69) is 43.5 Å². The predicted molar refractivity (Wildman–Crippen MR) is 278 cm³/mol. The zero-order valence-electron chi connectivity index (χ0n) is 42.8. The lowest BCUT2D eigenvalue weighted by Crippen LogP contribution is -2.45. The highest BCUT2D eigenvalue weighted by molar-refractivity contribution is 5.76. The molecule has 0 aromatic rings. The van der Waals surface area contributed by atoms with Crippen LogP contribution in [0.4, 0.5) is 0 Å². The summed E-state index contributed by atoms with van der Waals surface area (Å²) in [7, 11) is 0. The molecule has 3 N–H and O–H groups in total. The molecule has 1 amide bonds. The summed E-state index contributed by atoms with van der Waals surface area (Å²) in [6.07, 6.45) is 66.0. The zero-order chi connectivity index (χ0) is 46.5. The van der Waals surface area contributed by atoms with E-state index in [0.29, 0.717) is 19.4 Å². The molecule has 0 spiro atoms. The maximum atomic E-state index is 12.5. The van der Waals surface area contributed by atoms with Gasteiger partial charge < -0.3 is 20.3 Å². The van der Waals surface area contributed by atoms with Crippen LogP contribution in [-0.2, 0) is 14.3 Å². The van der Waals surface area contributed by atoms with Crippen LogP contribution in [0.3, 0.4) is 0 Å². The summed E-state index contributed by atoms with van der Waals surface area (Å²) in [5.74, 6) is -0.150. The summed E-state index contributed by atoms with van der Waals surface area (Å²) in [6, 6.07) is -0.655. The van der Waals surface area contributed by atoms with Gasteiger partial charge in [0.2, 0.25) is 5.91 Å². The van der Waals surface area contributed by atoms with Crippen molar-refractivity contribution >= 4 is 11.9 Å². The lowest BCUT2D eigenvalue weighted by Gasteiger charge is -2.20. The molecule has 0 aromatic carbocycles. The number of hydrogen-bond donors (Lipinski definition) is 3. The fraction of sp³-hybridized carbons (Fsp3) is 0.862. The number of rotatable bonds is 52. The number of carbonyl (C=O) groups is 2. The normalized spacial score (nSPS) is 12.9. The second kappa shape index (κ2) is 53.7. The Hall–Kier alpha value is -1.92. The lowest BCUT2D eigenvalue weighted by molar-refractivity contribution is -0.143. The third kappa shape index (κ3) is 49.5. The van der Waals surface area contributed by atoms with E-state index in [1.165, 1.54) is 193 Å². The first kappa shape index (κ1) is 62.1. The molecule has 0 saturated carbocycles. The molecule has 0 aliphatic heterocycles. The van der Waals surface area contributed by atoms with E-state index in [1.807, 2.05) is 6.08 Å². The van der Waals surface area contributed by atoms with Crippen molar-refractivity contribution in [2.24, 2.45) is 0 Å². The molecule has 0 aliphatic rings. The van der Waals surface area contributed by atoms with E-state index >= 15 is 0 Å².